The third-order valence-electron chi connectivity index (χ3n) is 9.00. The SMILES string of the molecule is COC1COCCC1N(C(=O)C(F)(F)F)C1CCC(C(=O)N2CC3CC2CN3C(=O)OC(C)(C)C)(C(C)(C)O)C1. The lowest BCUT2D eigenvalue weighted by molar-refractivity contribution is -0.198. The van der Waals surface area contributed by atoms with Crippen LogP contribution < -0.4 is 0 Å². The number of carbonyl (C=O) groups excluding carboxylic acids is 3. The van der Waals surface area contributed by atoms with E-state index in [0.717, 1.165) is 4.90 Å². The molecule has 0 radical (unpaired) electrons. The van der Waals surface area contributed by atoms with Crippen LogP contribution in [-0.2, 0) is 23.8 Å². The second-order valence-electron chi connectivity index (χ2n) is 13.1. The van der Waals surface area contributed by atoms with Gasteiger partial charge in [0.25, 0.3) is 0 Å². The fraction of sp³-hybridized carbons (Fsp3) is 0.889. The van der Waals surface area contributed by atoms with E-state index in [4.69, 9.17) is 14.2 Å². The number of methoxy groups -OCH3 is 1. The number of alkyl halides is 3. The van der Waals surface area contributed by atoms with Crippen molar-refractivity contribution in [3.05, 3.63) is 0 Å². The second kappa shape index (κ2) is 10.6. The zero-order valence-electron chi connectivity index (χ0n) is 24.1. The molecule has 1 aliphatic carbocycles. The van der Waals surface area contributed by atoms with Crippen molar-refractivity contribution in [2.24, 2.45) is 5.41 Å². The van der Waals surface area contributed by atoms with Gasteiger partial charge in [0.2, 0.25) is 5.91 Å². The highest BCUT2D eigenvalue weighted by atomic mass is 19.4. The van der Waals surface area contributed by atoms with Gasteiger partial charge in [-0.1, -0.05) is 0 Å². The predicted molar refractivity (Wildman–Crippen MR) is 136 cm³/mol. The highest BCUT2D eigenvalue weighted by Gasteiger charge is 2.62. The molecule has 40 heavy (non-hydrogen) atoms. The van der Waals surface area contributed by atoms with Gasteiger partial charge in [0.15, 0.2) is 0 Å². The number of hydrogen-bond acceptors (Lipinski definition) is 7. The molecule has 3 saturated heterocycles. The van der Waals surface area contributed by atoms with Gasteiger partial charge in [-0.2, -0.15) is 13.2 Å². The van der Waals surface area contributed by atoms with Crippen LogP contribution in [0.15, 0.2) is 0 Å². The molecule has 4 aliphatic rings. The zero-order chi connectivity index (χ0) is 29.8. The smallest absolute Gasteiger partial charge is 0.444 e. The average molecular weight is 578 g/mol. The first-order chi connectivity index (χ1) is 18.4. The summed E-state index contributed by atoms with van der Waals surface area (Å²) in [5, 5.41) is 11.3. The van der Waals surface area contributed by atoms with Crippen molar-refractivity contribution in [1.82, 2.24) is 14.7 Å². The molecule has 13 heteroatoms. The summed E-state index contributed by atoms with van der Waals surface area (Å²) >= 11 is 0. The van der Waals surface area contributed by atoms with Crippen LogP contribution in [0.4, 0.5) is 18.0 Å². The normalized spacial score (nSPS) is 32.9. The quantitative estimate of drug-likeness (QED) is 0.535. The molecule has 6 atom stereocenters. The van der Waals surface area contributed by atoms with Crippen LogP contribution >= 0.6 is 0 Å². The minimum atomic E-state index is -5.11. The van der Waals surface area contributed by atoms with Gasteiger partial charge in [-0.3, -0.25) is 9.59 Å². The summed E-state index contributed by atoms with van der Waals surface area (Å²) in [5.74, 6) is -2.33. The van der Waals surface area contributed by atoms with Gasteiger partial charge in [0.05, 0.1) is 35.7 Å². The van der Waals surface area contributed by atoms with Crippen LogP contribution in [0, 0.1) is 5.41 Å². The monoisotopic (exact) mass is 577 g/mol. The van der Waals surface area contributed by atoms with E-state index in [0.29, 0.717) is 6.42 Å². The standard InChI is InChI=1S/C27H42F3N3O7/c1-24(2,3)40-23(36)32-14-17-11-18(32)13-31(17)21(34)26(25(4,5)37)9-7-16(12-26)33(22(35)27(28,29)30)19-8-10-39-15-20(19)38-6/h16-20,37H,7-15H2,1-6H3. The molecule has 4 rings (SSSR count). The number of carbonyl (C=O) groups is 3. The maximum atomic E-state index is 14.2. The number of aliphatic hydroxyl groups is 1. The van der Waals surface area contributed by atoms with Gasteiger partial charge in [0.1, 0.15) is 11.7 Å². The van der Waals surface area contributed by atoms with E-state index in [-0.39, 0.29) is 70.0 Å². The van der Waals surface area contributed by atoms with Crippen molar-refractivity contribution in [2.75, 3.05) is 33.4 Å². The predicted octanol–water partition coefficient (Wildman–Crippen LogP) is 2.71. The number of fused-ring (bicyclic) bond motifs is 2. The molecule has 228 valence electrons. The first-order valence-corrected chi connectivity index (χ1v) is 13.9. The van der Waals surface area contributed by atoms with Gasteiger partial charge in [-0.15, -0.1) is 0 Å². The Morgan fingerprint density at radius 1 is 1.02 bits per heavy atom. The third-order valence-corrected chi connectivity index (χ3v) is 9.00. The molecule has 0 aromatic carbocycles. The van der Waals surface area contributed by atoms with E-state index in [2.05, 4.69) is 0 Å². The number of amides is 3. The zero-order valence-corrected chi connectivity index (χ0v) is 24.1. The van der Waals surface area contributed by atoms with Crippen molar-refractivity contribution in [3.63, 3.8) is 0 Å². The number of likely N-dealkylation sites (tertiary alicyclic amines) is 2. The lowest BCUT2D eigenvalue weighted by Crippen LogP contribution is -2.61. The number of ether oxygens (including phenoxy) is 3. The van der Waals surface area contributed by atoms with Gasteiger partial charge >= 0.3 is 18.2 Å². The Bertz CT molecular complexity index is 995. The third kappa shape index (κ3) is 5.65. The van der Waals surface area contributed by atoms with Gasteiger partial charge in [0, 0.05) is 32.8 Å². The minimum Gasteiger partial charge on any atom is -0.444 e. The molecule has 1 saturated carbocycles. The van der Waals surface area contributed by atoms with E-state index in [1.54, 1.807) is 30.6 Å². The Morgan fingerprint density at radius 3 is 2.17 bits per heavy atom. The molecule has 3 amide bonds. The fourth-order valence-corrected chi connectivity index (χ4v) is 6.98. The highest BCUT2D eigenvalue weighted by molar-refractivity contribution is 5.87. The second-order valence-corrected chi connectivity index (χ2v) is 13.1. The summed E-state index contributed by atoms with van der Waals surface area (Å²) in [6.07, 6.45) is -5.46. The van der Waals surface area contributed by atoms with Gasteiger partial charge < -0.3 is 34.0 Å². The van der Waals surface area contributed by atoms with Crippen molar-refractivity contribution in [2.45, 2.75) is 114 Å². The van der Waals surface area contributed by atoms with Crippen LogP contribution in [0.3, 0.4) is 0 Å². The fourth-order valence-electron chi connectivity index (χ4n) is 6.98. The summed E-state index contributed by atoms with van der Waals surface area (Å²) in [6, 6.07) is -2.34. The minimum absolute atomic E-state index is 0.0517. The molecule has 0 aromatic heterocycles. The van der Waals surface area contributed by atoms with Gasteiger partial charge in [-0.05, 0) is 66.7 Å². The van der Waals surface area contributed by atoms with E-state index in [1.807, 2.05) is 0 Å². The van der Waals surface area contributed by atoms with Gasteiger partial charge in [-0.25, -0.2) is 4.79 Å². The maximum Gasteiger partial charge on any atom is 0.471 e. The Labute approximate surface area is 233 Å². The summed E-state index contributed by atoms with van der Waals surface area (Å²) in [6.45, 7) is 9.10. The van der Waals surface area contributed by atoms with Crippen molar-refractivity contribution in [1.29, 1.82) is 0 Å². The summed E-state index contributed by atoms with van der Waals surface area (Å²) in [5.41, 5.74) is -3.64. The maximum absolute atomic E-state index is 14.2. The number of nitrogens with zero attached hydrogens (tertiary/aromatic N) is 3. The molecule has 1 N–H and O–H groups in total. The Morgan fingerprint density at radius 2 is 1.65 bits per heavy atom. The summed E-state index contributed by atoms with van der Waals surface area (Å²) in [7, 11) is 1.37. The van der Waals surface area contributed by atoms with Crippen LogP contribution in [0.5, 0.6) is 0 Å². The van der Waals surface area contributed by atoms with Crippen LogP contribution in [0.1, 0.15) is 66.7 Å². The number of rotatable bonds is 5. The van der Waals surface area contributed by atoms with Crippen LogP contribution in [0.2, 0.25) is 0 Å². The molecule has 6 unspecified atom stereocenters. The van der Waals surface area contributed by atoms with Crippen LogP contribution in [0.25, 0.3) is 0 Å². The lowest BCUT2D eigenvalue weighted by atomic mass is 9.70. The molecule has 3 heterocycles. The molecule has 2 bridgehead atoms. The Hall–Kier alpha value is -2.12. The number of hydrogen-bond donors (Lipinski definition) is 1. The van der Waals surface area contributed by atoms with Crippen molar-refractivity contribution >= 4 is 17.9 Å². The Kier molecular flexibility index (Phi) is 8.18. The molecular formula is C27H42F3N3O7. The van der Waals surface area contributed by atoms with Crippen LogP contribution in [-0.4, -0.2) is 119 Å². The molecular weight excluding hydrogens is 535 g/mol. The number of piperazine rings is 1. The van der Waals surface area contributed by atoms with E-state index in [1.165, 1.54) is 21.0 Å². The van der Waals surface area contributed by atoms with E-state index in [9.17, 15) is 32.7 Å². The average Bonchev–Trinajstić information content (AvgIpc) is 3.57. The highest BCUT2D eigenvalue weighted by Crippen LogP contribution is 2.52. The van der Waals surface area contributed by atoms with Crippen molar-refractivity contribution < 1.29 is 46.9 Å². The largest absolute Gasteiger partial charge is 0.471 e. The Balaban J connectivity index is 1.57. The molecule has 4 fully saturated rings. The molecule has 0 aromatic rings. The topological polar surface area (TPSA) is 109 Å². The van der Waals surface area contributed by atoms with E-state index >= 15 is 0 Å². The lowest BCUT2D eigenvalue weighted by Gasteiger charge is -2.46. The first-order valence-electron chi connectivity index (χ1n) is 13.9. The number of halogens is 3. The first kappa shape index (κ1) is 30.8. The van der Waals surface area contributed by atoms with Crippen molar-refractivity contribution in [3.8, 4) is 0 Å². The molecule has 10 nitrogen and oxygen atoms in total. The summed E-state index contributed by atoms with van der Waals surface area (Å²) < 4.78 is 57.8. The molecule has 0 spiro atoms. The summed E-state index contributed by atoms with van der Waals surface area (Å²) in [4.78, 5) is 43.8. The molecule has 3 aliphatic heterocycles. The van der Waals surface area contributed by atoms with E-state index < -0.39 is 53.0 Å².